The molecule has 2 atom stereocenters. The number of benzene rings is 1. The molecule has 1 N–H and O–H groups in total. The molecule has 1 aliphatic heterocycles. The van der Waals surface area contributed by atoms with Crippen molar-refractivity contribution >= 4 is 23.2 Å². The van der Waals surface area contributed by atoms with Gasteiger partial charge in [-0.05, 0) is 43.4 Å². The number of amides is 2. The summed E-state index contributed by atoms with van der Waals surface area (Å²) in [6.45, 7) is 2.78. The molecule has 5 nitrogen and oxygen atoms in total. The lowest BCUT2D eigenvalue weighted by atomic mass is 10.1. The average molecular weight is 302 g/mol. The van der Waals surface area contributed by atoms with Gasteiger partial charge in [0, 0.05) is 24.6 Å². The Hall–Kier alpha value is -2.04. The van der Waals surface area contributed by atoms with E-state index in [-0.39, 0.29) is 17.7 Å². The molecule has 1 aromatic rings. The molecule has 22 heavy (non-hydrogen) atoms. The maximum Gasteiger partial charge on any atom is 0.227 e. The zero-order chi connectivity index (χ0) is 15.7. The number of hydrogen-bond donors (Lipinski definition) is 1. The van der Waals surface area contributed by atoms with Gasteiger partial charge in [-0.15, -0.1) is 0 Å². The monoisotopic (exact) mass is 302 g/mol. The first-order valence-electron chi connectivity index (χ1n) is 7.89. The van der Waals surface area contributed by atoms with Crippen LogP contribution in [0.5, 0.6) is 5.75 Å². The number of nitrogens with one attached hydrogen (secondary N) is 1. The van der Waals surface area contributed by atoms with Crippen molar-refractivity contribution < 1.29 is 14.3 Å². The summed E-state index contributed by atoms with van der Waals surface area (Å²) in [5, 5.41) is 2.95. The van der Waals surface area contributed by atoms with Crippen molar-refractivity contribution in [3.8, 4) is 5.75 Å². The SMILES string of the molecule is COc1ccc(NC(=O)C2CC2C)cc1N1CCCCC1=O. The Bertz CT molecular complexity index is 600. The first-order valence-corrected chi connectivity index (χ1v) is 7.89. The van der Waals surface area contributed by atoms with E-state index < -0.39 is 0 Å². The van der Waals surface area contributed by atoms with Gasteiger partial charge < -0.3 is 15.0 Å². The first-order chi connectivity index (χ1) is 10.6. The Morgan fingerprint density at radius 3 is 2.77 bits per heavy atom. The molecule has 1 aromatic carbocycles. The predicted octanol–water partition coefficient (Wildman–Crippen LogP) is 2.81. The van der Waals surface area contributed by atoms with Crippen LogP contribution in [0, 0.1) is 11.8 Å². The largest absolute Gasteiger partial charge is 0.495 e. The second-order valence-electron chi connectivity index (χ2n) is 6.20. The number of nitrogens with zero attached hydrogens (tertiary/aromatic N) is 1. The molecule has 5 heteroatoms. The lowest BCUT2D eigenvalue weighted by Gasteiger charge is -2.28. The highest BCUT2D eigenvalue weighted by Gasteiger charge is 2.39. The molecule has 0 bridgehead atoms. The number of rotatable bonds is 4. The van der Waals surface area contributed by atoms with Gasteiger partial charge in [0.05, 0.1) is 12.8 Å². The van der Waals surface area contributed by atoms with Crippen LogP contribution in [-0.4, -0.2) is 25.5 Å². The van der Waals surface area contributed by atoms with E-state index in [0.29, 0.717) is 24.6 Å². The van der Waals surface area contributed by atoms with Crippen molar-refractivity contribution in [3.63, 3.8) is 0 Å². The lowest BCUT2D eigenvalue weighted by molar-refractivity contribution is -0.119. The normalized spacial score (nSPS) is 24.1. The molecule has 2 fully saturated rings. The summed E-state index contributed by atoms with van der Waals surface area (Å²) >= 11 is 0. The van der Waals surface area contributed by atoms with Crippen LogP contribution in [0.4, 0.5) is 11.4 Å². The number of carbonyl (C=O) groups is 2. The zero-order valence-corrected chi connectivity index (χ0v) is 13.1. The van der Waals surface area contributed by atoms with Crippen LogP contribution in [0.3, 0.4) is 0 Å². The van der Waals surface area contributed by atoms with E-state index in [4.69, 9.17) is 4.74 Å². The Balaban J connectivity index is 1.82. The molecular formula is C17H22N2O3. The second-order valence-corrected chi connectivity index (χ2v) is 6.20. The van der Waals surface area contributed by atoms with Crippen LogP contribution >= 0.6 is 0 Å². The fraction of sp³-hybridized carbons (Fsp3) is 0.529. The standard InChI is InChI=1S/C17H22N2O3/c1-11-9-13(11)17(21)18-12-6-7-15(22-2)14(10-12)19-8-4-3-5-16(19)20/h6-7,10-11,13H,3-5,8-9H2,1-2H3,(H,18,21). The molecule has 118 valence electrons. The van der Waals surface area contributed by atoms with Crippen molar-refractivity contribution in [1.29, 1.82) is 0 Å². The average Bonchev–Trinajstić information content (AvgIpc) is 3.25. The number of methoxy groups -OCH3 is 1. The van der Waals surface area contributed by atoms with Crippen molar-refractivity contribution in [2.45, 2.75) is 32.6 Å². The molecule has 3 rings (SSSR count). The van der Waals surface area contributed by atoms with Crippen molar-refractivity contribution in [2.24, 2.45) is 11.8 Å². The number of anilines is 2. The van der Waals surface area contributed by atoms with Crippen molar-refractivity contribution in [3.05, 3.63) is 18.2 Å². The maximum absolute atomic E-state index is 12.1. The molecule has 2 unspecified atom stereocenters. The molecule has 2 amide bonds. The molecule has 2 aliphatic rings. The third kappa shape index (κ3) is 2.93. The van der Waals surface area contributed by atoms with Crippen LogP contribution in [0.1, 0.15) is 32.6 Å². The zero-order valence-electron chi connectivity index (χ0n) is 13.1. The Morgan fingerprint density at radius 1 is 1.36 bits per heavy atom. The first kappa shape index (κ1) is 14.9. The summed E-state index contributed by atoms with van der Waals surface area (Å²) in [4.78, 5) is 26.0. The summed E-state index contributed by atoms with van der Waals surface area (Å²) in [5.41, 5.74) is 1.46. The summed E-state index contributed by atoms with van der Waals surface area (Å²) in [6.07, 6.45) is 3.46. The van der Waals surface area contributed by atoms with Crippen molar-refractivity contribution in [1.82, 2.24) is 0 Å². The number of piperidine rings is 1. The third-order valence-electron chi connectivity index (χ3n) is 4.51. The highest BCUT2D eigenvalue weighted by Crippen LogP contribution is 2.39. The highest BCUT2D eigenvalue weighted by atomic mass is 16.5. The molecule has 0 radical (unpaired) electrons. The van der Waals surface area contributed by atoms with E-state index >= 15 is 0 Å². The van der Waals surface area contributed by atoms with Gasteiger partial charge in [0.2, 0.25) is 11.8 Å². The van der Waals surface area contributed by atoms with Gasteiger partial charge in [-0.3, -0.25) is 9.59 Å². The van der Waals surface area contributed by atoms with Crippen LogP contribution < -0.4 is 15.0 Å². The van der Waals surface area contributed by atoms with E-state index in [1.807, 2.05) is 18.2 Å². The van der Waals surface area contributed by atoms with Gasteiger partial charge in [-0.25, -0.2) is 0 Å². The van der Waals surface area contributed by atoms with Crippen molar-refractivity contribution in [2.75, 3.05) is 23.9 Å². The molecule has 1 saturated carbocycles. The molecule has 0 aromatic heterocycles. The van der Waals surface area contributed by atoms with Gasteiger partial charge in [0.15, 0.2) is 0 Å². The fourth-order valence-electron chi connectivity index (χ4n) is 2.96. The van der Waals surface area contributed by atoms with E-state index in [1.165, 1.54) is 0 Å². The van der Waals surface area contributed by atoms with Gasteiger partial charge in [0.1, 0.15) is 5.75 Å². The van der Waals surface area contributed by atoms with E-state index in [2.05, 4.69) is 12.2 Å². The molecular weight excluding hydrogens is 280 g/mol. The predicted molar refractivity (Wildman–Crippen MR) is 85.1 cm³/mol. The summed E-state index contributed by atoms with van der Waals surface area (Å²) in [6, 6.07) is 5.47. The summed E-state index contributed by atoms with van der Waals surface area (Å²) < 4.78 is 5.38. The van der Waals surface area contributed by atoms with E-state index in [0.717, 1.165) is 30.6 Å². The minimum absolute atomic E-state index is 0.0635. The van der Waals surface area contributed by atoms with Crippen LogP contribution in [0.25, 0.3) is 0 Å². The maximum atomic E-state index is 12.1. The van der Waals surface area contributed by atoms with Gasteiger partial charge in [-0.1, -0.05) is 6.92 Å². The van der Waals surface area contributed by atoms with E-state index in [9.17, 15) is 9.59 Å². The van der Waals surface area contributed by atoms with Crippen LogP contribution in [0.15, 0.2) is 18.2 Å². The number of ether oxygens (including phenoxy) is 1. The second kappa shape index (κ2) is 5.99. The van der Waals surface area contributed by atoms with E-state index in [1.54, 1.807) is 12.0 Å². The van der Waals surface area contributed by atoms with Crippen LogP contribution in [-0.2, 0) is 9.59 Å². The third-order valence-corrected chi connectivity index (χ3v) is 4.51. The smallest absolute Gasteiger partial charge is 0.227 e. The Kier molecular flexibility index (Phi) is 4.05. The molecule has 1 aliphatic carbocycles. The number of hydrogen-bond acceptors (Lipinski definition) is 3. The number of carbonyl (C=O) groups excluding carboxylic acids is 2. The minimum Gasteiger partial charge on any atom is -0.495 e. The summed E-state index contributed by atoms with van der Waals surface area (Å²) in [7, 11) is 1.59. The fourth-order valence-corrected chi connectivity index (χ4v) is 2.96. The molecule has 1 saturated heterocycles. The van der Waals surface area contributed by atoms with Gasteiger partial charge in [-0.2, -0.15) is 0 Å². The lowest BCUT2D eigenvalue weighted by Crippen LogP contribution is -2.35. The minimum atomic E-state index is 0.0635. The molecule has 0 spiro atoms. The quantitative estimate of drug-likeness (QED) is 0.930. The van der Waals surface area contributed by atoms with Gasteiger partial charge >= 0.3 is 0 Å². The molecule has 1 heterocycles. The highest BCUT2D eigenvalue weighted by molar-refractivity contribution is 5.98. The van der Waals surface area contributed by atoms with Gasteiger partial charge in [0.25, 0.3) is 0 Å². The topological polar surface area (TPSA) is 58.6 Å². The Labute approximate surface area is 130 Å². The Morgan fingerprint density at radius 2 is 2.14 bits per heavy atom. The summed E-state index contributed by atoms with van der Waals surface area (Å²) in [5.74, 6) is 1.44. The van der Waals surface area contributed by atoms with Crippen LogP contribution in [0.2, 0.25) is 0 Å².